The summed E-state index contributed by atoms with van der Waals surface area (Å²) in [6, 6.07) is 49.8. The van der Waals surface area contributed by atoms with Gasteiger partial charge in [0.2, 0.25) is 0 Å². The smallest absolute Gasteiger partial charge is 0.136 e. The van der Waals surface area contributed by atoms with Crippen LogP contribution in [0.5, 0.6) is 0 Å². The maximum Gasteiger partial charge on any atom is 0.136 e. The Morgan fingerprint density at radius 3 is 1.93 bits per heavy atom. The van der Waals surface area contributed by atoms with Gasteiger partial charge >= 0.3 is 0 Å². The van der Waals surface area contributed by atoms with E-state index in [1.807, 2.05) is 17.4 Å². The van der Waals surface area contributed by atoms with Crippen LogP contribution in [0, 0.1) is 0 Å². The van der Waals surface area contributed by atoms with Crippen molar-refractivity contribution >= 4 is 64.5 Å². The molecule has 0 aliphatic heterocycles. The van der Waals surface area contributed by atoms with Crippen LogP contribution in [0.4, 0.5) is 0 Å². The number of thiophene rings is 1. The average molecular weight is 542 g/mol. The van der Waals surface area contributed by atoms with Crippen molar-refractivity contribution < 1.29 is 4.42 Å². The molecule has 0 atom stereocenters. The molecule has 0 saturated carbocycles. The third-order valence-electron chi connectivity index (χ3n) is 8.21. The molecule has 0 saturated heterocycles. The van der Waals surface area contributed by atoms with Crippen LogP contribution in [-0.2, 0) is 0 Å². The van der Waals surface area contributed by atoms with Gasteiger partial charge in [-0.3, -0.25) is 0 Å². The first-order valence-electron chi connectivity index (χ1n) is 13.9. The van der Waals surface area contributed by atoms with Gasteiger partial charge in [-0.05, 0) is 64.7 Å². The van der Waals surface area contributed by atoms with E-state index in [0.717, 1.165) is 21.9 Å². The van der Waals surface area contributed by atoms with Crippen LogP contribution >= 0.6 is 11.3 Å². The molecular weight excluding hydrogens is 518 g/mol. The standard InChI is InChI=1S/C38H23NOS/c1-3-10-24(11-4-1)25-18-20-29-30-21-19-26(23-35(30)40-34(29)22-25)28-15-9-16-32-36-38(41-37(28)32)31-14-7-8-17-33(31)39(36)27-12-5-2-6-13-27/h1-23H. The van der Waals surface area contributed by atoms with Crippen molar-refractivity contribution in [3.63, 3.8) is 0 Å². The van der Waals surface area contributed by atoms with Gasteiger partial charge in [0.1, 0.15) is 11.2 Å². The molecule has 41 heavy (non-hydrogen) atoms. The van der Waals surface area contributed by atoms with Crippen LogP contribution in [0.25, 0.3) is 81.1 Å². The predicted molar refractivity (Wildman–Crippen MR) is 174 cm³/mol. The highest BCUT2D eigenvalue weighted by Gasteiger charge is 2.20. The topological polar surface area (TPSA) is 18.1 Å². The maximum atomic E-state index is 6.47. The second-order valence-electron chi connectivity index (χ2n) is 10.5. The lowest BCUT2D eigenvalue weighted by Crippen LogP contribution is -1.92. The fourth-order valence-corrected chi connectivity index (χ4v) is 7.67. The van der Waals surface area contributed by atoms with Crippen molar-refractivity contribution in [3.8, 4) is 27.9 Å². The Morgan fingerprint density at radius 1 is 0.463 bits per heavy atom. The lowest BCUT2D eigenvalue weighted by molar-refractivity contribution is 0.669. The van der Waals surface area contributed by atoms with Crippen LogP contribution in [0.1, 0.15) is 0 Å². The number of nitrogens with zero attached hydrogens (tertiary/aromatic N) is 1. The van der Waals surface area contributed by atoms with E-state index in [4.69, 9.17) is 4.42 Å². The highest BCUT2D eigenvalue weighted by atomic mass is 32.1. The zero-order valence-corrected chi connectivity index (χ0v) is 22.9. The quantitative estimate of drug-likeness (QED) is 0.217. The Bertz CT molecular complexity index is 2410. The van der Waals surface area contributed by atoms with Crippen molar-refractivity contribution in [3.05, 3.63) is 140 Å². The molecule has 0 radical (unpaired) electrons. The van der Waals surface area contributed by atoms with Crippen LogP contribution in [-0.4, -0.2) is 4.57 Å². The van der Waals surface area contributed by atoms with E-state index in [0.29, 0.717) is 0 Å². The lowest BCUT2D eigenvalue weighted by atomic mass is 10.0. The summed E-state index contributed by atoms with van der Waals surface area (Å²) in [5.74, 6) is 0. The molecular formula is C38H23NOS. The lowest BCUT2D eigenvalue weighted by Gasteiger charge is -2.08. The molecule has 0 N–H and O–H groups in total. The second-order valence-corrected chi connectivity index (χ2v) is 11.6. The number of aromatic nitrogens is 1. The summed E-state index contributed by atoms with van der Waals surface area (Å²) < 4.78 is 11.5. The molecule has 0 bridgehead atoms. The van der Waals surface area contributed by atoms with Crippen LogP contribution in [0.15, 0.2) is 144 Å². The maximum absolute atomic E-state index is 6.47. The van der Waals surface area contributed by atoms with Gasteiger partial charge in [0, 0.05) is 31.9 Å². The molecule has 9 aromatic rings. The molecule has 0 aliphatic rings. The van der Waals surface area contributed by atoms with Gasteiger partial charge in [0.15, 0.2) is 0 Å². The highest BCUT2D eigenvalue weighted by Crippen LogP contribution is 2.46. The Hall–Kier alpha value is -5.12. The third kappa shape index (κ3) is 3.36. The Balaban J connectivity index is 1.25. The summed E-state index contributed by atoms with van der Waals surface area (Å²) in [5.41, 5.74) is 10.3. The SMILES string of the molecule is c1ccc(-c2ccc3c(c2)oc2cc(-c4cccc5c4sc4c6ccccc6n(-c6ccccc6)c54)ccc23)cc1. The molecule has 3 aromatic heterocycles. The summed E-state index contributed by atoms with van der Waals surface area (Å²) in [5, 5.41) is 4.86. The number of fused-ring (bicyclic) bond motifs is 8. The van der Waals surface area contributed by atoms with E-state index in [9.17, 15) is 0 Å². The molecule has 0 fully saturated rings. The van der Waals surface area contributed by atoms with Gasteiger partial charge in [-0.1, -0.05) is 97.1 Å². The first-order chi connectivity index (χ1) is 20.3. The van der Waals surface area contributed by atoms with E-state index in [-0.39, 0.29) is 0 Å². The normalized spacial score (nSPS) is 11.9. The van der Waals surface area contributed by atoms with Crippen molar-refractivity contribution in [1.29, 1.82) is 0 Å². The Morgan fingerprint density at radius 2 is 1.12 bits per heavy atom. The summed E-state index contributed by atoms with van der Waals surface area (Å²) in [7, 11) is 0. The van der Waals surface area contributed by atoms with Crippen molar-refractivity contribution in [1.82, 2.24) is 4.57 Å². The molecule has 0 aliphatic carbocycles. The molecule has 9 rings (SSSR count). The molecule has 0 unspecified atom stereocenters. The van der Waals surface area contributed by atoms with E-state index in [2.05, 4.69) is 138 Å². The Labute approximate surface area is 240 Å². The minimum absolute atomic E-state index is 0.917. The molecule has 2 nitrogen and oxygen atoms in total. The fraction of sp³-hybridized carbons (Fsp3) is 0. The largest absolute Gasteiger partial charge is 0.456 e. The number of hydrogen-bond donors (Lipinski definition) is 0. The third-order valence-corrected chi connectivity index (χ3v) is 9.47. The predicted octanol–water partition coefficient (Wildman–Crippen LogP) is 11.2. The molecule has 6 aromatic carbocycles. The van der Waals surface area contributed by atoms with Crippen LogP contribution in [0.2, 0.25) is 0 Å². The van der Waals surface area contributed by atoms with E-state index < -0.39 is 0 Å². The van der Waals surface area contributed by atoms with Crippen LogP contribution < -0.4 is 0 Å². The molecule has 0 spiro atoms. The minimum atomic E-state index is 0.917. The zero-order chi connectivity index (χ0) is 26.9. The fourth-order valence-electron chi connectivity index (χ4n) is 6.32. The van der Waals surface area contributed by atoms with Gasteiger partial charge in [-0.25, -0.2) is 0 Å². The summed E-state index contributed by atoms with van der Waals surface area (Å²) >= 11 is 1.89. The highest BCUT2D eigenvalue weighted by molar-refractivity contribution is 7.27. The number of rotatable bonds is 3. The molecule has 3 heterocycles. The first kappa shape index (κ1) is 22.7. The number of furan rings is 1. The molecule has 192 valence electrons. The van der Waals surface area contributed by atoms with Gasteiger partial charge in [-0.2, -0.15) is 0 Å². The van der Waals surface area contributed by atoms with Crippen molar-refractivity contribution in [2.24, 2.45) is 0 Å². The van der Waals surface area contributed by atoms with Gasteiger partial charge < -0.3 is 8.98 Å². The van der Waals surface area contributed by atoms with E-state index >= 15 is 0 Å². The first-order valence-corrected chi connectivity index (χ1v) is 14.7. The number of hydrogen-bond acceptors (Lipinski definition) is 2. The average Bonchev–Trinajstić information content (AvgIpc) is 3.70. The van der Waals surface area contributed by atoms with Gasteiger partial charge in [-0.15, -0.1) is 11.3 Å². The van der Waals surface area contributed by atoms with Gasteiger partial charge in [0.05, 0.1) is 15.7 Å². The van der Waals surface area contributed by atoms with E-state index in [1.54, 1.807) is 0 Å². The van der Waals surface area contributed by atoms with Crippen molar-refractivity contribution in [2.45, 2.75) is 0 Å². The summed E-state index contributed by atoms with van der Waals surface area (Å²) in [6.07, 6.45) is 0. The summed E-state index contributed by atoms with van der Waals surface area (Å²) in [6.45, 7) is 0. The minimum Gasteiger partial charge on any atom is -0.456 e. The second kappa shape index (κ2) is 8.69. The number of para-hydroxylation sites is 2. The van der Waals surface area contributed by atoms with Gasteiger partial charge in [0.25, 0.3) is 0 Å². The summed E-state index contributed by atoms with van der Waals surface area (Å²) in [4.78, 5) is 0. The van der Waals surface area contributed by atoms with Crippen molar-refractivity contribution in [2.75, 3.05) is 0 Å². The zero-order valence-electron chi connectivity index (χ0n) is 22.0. The molecule has 0 amide bonds. The Kier molecular flexibility index (Phi) is 4.80. The number of benzene rings is 6. The molecule has 3 heteroatoms. The monoisotopic (exact) mass is 541 g/mol. The van der Waals surface area contributed by atoms with E-state index in [1.165, 1.54) is 59.1 Å². The van der Waals surface area contributed by atoms with Crippen LogP contribution in [0.3, 0.4) is 0 Å².